The number of nitrogens with one attached hydrogen (secondary N) is 1. The highest BCUT2D eigenvalue weighted by atomic mass is 79.9. The minimum atomic E-state index is -0.956. The molecule has 0 saturated carbocycles. The monoisotopic (exact) mass is 547 g/mol. The fourth-order valence-corrected chi connectivity index (χ4v) is 5.39. The van der Waals surface area contributed by atoms with E-state index in [0.29, 0.717) is 4.88 Å². The molecule has 0 aliphatic carbocycles. The normalized spacial score (nSPS) is 15.0. The van der Waals surface area contributed by atoms with Crippen LogP contribution >= 0.6 is 43.2 Å². The van der Waals surface area contributed by atoms with Gasteiger partial charge in [0, 0.05) is 30.7 Å². The molecule has 11 heteroatoms. The van der Waals surface area contributed by atoms with Crippen LogP contribution < -0.4 is 15.5 Å². The van der Waals surface area contributed by atoms with E-state index in [9.17, 15) is 19.5 Å². The number of amides is 2. The number of carbonyl (C=O) groups is 2. The van der Waals surface area contributed by atoms with Gasteiger partial charge in [0.25, 0.3) is 11.8 Å². The first-order valence-electron chi connectivity index (χ1n) is 8.54. The highest BCUT2D eigenvalue weighted by Crippen LogP contribution is 2.38. The second-order valence-electron chi connectivity index (χ2n) is 6.90. The van der Waals surface area contributed by atoms with E-state index in [1.54, 1.807) is 11.9 Å². The fourth-order valence-electron chi connectivity index (χ4n) is 3.14. The summed E-state index contributed by atoms with van der Waals surface area (Å²) >= 11 is 8.17. The van der Waals surface area contributed by atoms with Gasteiger partial charge in [-0.25, -0.2) is 0 Å². The molecular formula is C18H19Br2N3O5S. The lowest BCUT2D eigenvalue weighted by molar-refractivity contribution is 0.00522. The van der Waals surface area contributed by atoms with Crippen molar-refractivity contribution < 1.29 is 19.4 Å². The van der Waals surface area contributed by atoms with Crippen LogP contribution in [0.3, 0.4) is 0 Å². The number of pyridine rings is 1. The topological polar surface area (TPSA) is 101 Å². The van der Waals surface area contributed by atoms with Gasteiger partial charge >= 0.3 is 0 Å². The van der Waals surface area contributed by atoms with Gasteiger partial charge in [-0.05, 0) is 44.3 Å². The third-order valence-electron chi connectivity index (χ3n) is 4.84. The minimum Gasteiger partial charge on any atom is -0.491 e. The van der Waals surface area contributed by atoms with Crippen LogP contribution in [0.4, 0.5) is 0 Å². The number of aryl methyl sites for hydroxylation is 1. The summed E-state index contributed by atoms with van der Waals surface area (Å²) < 4.78 is 8.12. The molecule has 2 aromatic heterocycles. The van der Waals surface area contributed by atoms with E-state index in [0.717, 1.165) is 13.8 Å². The first-order chi connectivity index (χ1) is 13.6. The number of aliphatic hydroxyl groups is 1. The van der Waals surface area contributed by atoms with Crippen LogP contribution in [-0.4, -0.2) is 58.7 Å². The number of aliphatic hydroxyl groups excluding tert-OH is 1. The van der Waals surface area contributed by atoms with Crippen LogP contribution in [0.15, 0.2) is 25.3 Å². The summed E-state index contributed by atoms with van der Waals surface area (Å²) in [4.78, 5) is 39.6. The Balaban J connectivity index is 1.74. The molecule has 0 bridgehead atoms. The van der Waals surface area contributed by atoms with E-state index < -0.39 is 16.9 Å². The number of rotatable bonds is 5. The predicted octanol–water partition coefficient (Wildman–Crippen LogP) is 1.91. The summed E-state index contributed by atoms with van der Waals surface area (Å²) in [5.74, 6) is -0.537. The van der Waals surface area contributed by atoms with Crippen molar-refractivity contribution in [2.24, 2.45) is 7.05 Å². The number of thiophene rings is 1. The van der Waals surface area contributed by atoms with Crippen LogP contribution in [0, 0.1) is 6.92 Å². The highest BCUT2D eigenvalue weighted by Gasteiger charge is 2.47. The minimum absolute atomic E-state index is 0.130. The van der Waals surface area contributed by atoms with Crippen molar-refractivity contribution in [1.29, 1.82) is 0 Å². The molecule has 0 spiro atoms. The third-order valence-corrected chi connectivity index (χ3v) is 8.57. The summed E-state index contributed by atoms with van der Waals surface area (Å²) in [6, 6.07) is 1.19. The first kappa shape index (κ1) is 22.0. The molecule has 1 saturated heterocycles. The Morgan fingerprint density at radius 2 is 2.03 bits per heavy atom. The lowest BCUT2D eigenvalue weighted by Crippen LogP contribution is -2.73. The molecular weight excluding hydrogens is 530 g/mol. The molecule has 2 amide bonds. The molecule has 1 aliphatic heterocycles. The van der Waals surface area contributed by atoms with E-state index in [1.807, 2.05) is 6.92 Å². The SMILES string of the molecule is COc1cn(C)c(C(=O)NC2(CO)CN(C(=O)c3sc(Br)c(Br)c3C)C2)cc1=O. The predicted molar refractivity (Wildman–Crippen MR) is 116 cm³/mol. The Kier molecular flexibility index (Phi) is 6.23. The Hall–Kier alpha value is -1.69. The van der Waals surface area contributed by atoms with Crippen molar-refractivity contribution in [1.82, 2.24) is 14.8 Å². The maximum absolute atomic E-state index is 12.8. The molecule has 2 N–H and O–H groups in total. The zero-order chi connectivity index (χ0) is 21.5. The van der Waals surface area contributed by atoms with Gasteiger partial charge in [-0.1, -0.05) is 0 Å². The van der Waals surface area contributed by atoms with Crippen molar-refractivity contribution in [2.75, 3.05) is 26.8 Å². The summed E-state index contributed by atoms with van der Waals surface area (Å²) in [6.45, 7) is 1.86. The average Bonchev–Trinajstić information content (AvgIpc) is 2.92. The Morgan fingerprint density at radius 3 is 2.55 bits per heavy atom. The molecule has 0 radical (unpaired) electrons. The number of ether oxygens (including phenoxy) is 1. The standard InChI is InChI=1S/C18H19Br2N3O5S/c1-9-13(19)15(20)29-14(9)17(27)23-6-18(7-23,8-24)21-16(26)10-4-11(25)12(28-3)5-22(10)2/h4-5,24H,6-8H2,1-3H3,(H,21,26). The molecule has 1 fully saturated rings. The summed E-state index contributed by atoms with van der Waals surface area (Å²) in [6.07, 6.45) is 1.43. The number of hydrogen-bond donors (Lipinski definition) is 2. The number of aromatic nitrogens is 1. The van der Waals surface area contributed by atoms with Gasteiger partial charge in [-0.2, -0.15) is 0 Å². The van der Waals surface area contributed by atoms with Crippen LogP contribution in [0.5, 0.6) is 5.75 Å². The average molecular weight is 549 g/mol. The first-order valence-corrected chi connectivity index (χ1v) is 10.9. The van der Waals surface area contributed by atoms with E-state index in [2.05, 4.69) is 37.2 Å². The second kappa shape index (κ2) is 8.21. The maximum Gasteiger partial charge on any atom is 0.268 e. The molecule has 0 unspecified atom stereocenters. The largest absolute Gasteiger partial charge is 0.491 e. The van der Waals surface area contributed by atoms with Crippen molar-refractivity contribution in [3.8, 4) is 5.75 Å². The van der Waals surface area contributed by atoms with Crippen LogP contribution in [0.1, 0.15) is 25.7 Å². The number of likely N-dealkylation sites (tertiary alicyclic amines) is 1. The molecule has 0 atom stereocenters. The molecule has 1 aliphatic rings. The van der Waals surface area contributed by atoms with E-state index in [-0.39, 0.29) is 37.0 Å². The van der Waals surface area contributed by atoms with Crippen molar-refractivity contribution >= 4 is 55.0 Å². The van der Waals surface area contributed by atoms with Gasteiger partial charge in [-0.15, -0.1) is 11.3 Å². The fraction of sp³-hybridized carbons (Fsp3) is 0.389. The highest BCUT2D eigenvalue weighted by molar-refractivity contribution is 9.13. The van der Waals surface area contributed by atoms with Gasteiger partial charge in [-0.3, -0.25) is 14.4 Å². The van der Waals surface area contributed by atoms with Gasteiger partial charge in [0.05, 0.1) is 34.1 Å². The van der Waals surface area contributed by atoms with Crippen molar-refractivity contribution in [3.05, 3.63) is 46.9 Å². The smallest absolute Gasteiger partial charge is 0.268 e. The Bertz CT molecular complexity index is 1040. The quantitative estimate of drug-likeness (QED) is 0.594. The molecule has 8 nitrogen and oxygen atoms in total. The van der Waals surface area contributed by atoms with Gasteiger partial charge < -0.3 is 24.6 Å². The summed E-state index contributed by atoms with van der Waals surface area (Å²) in [5.41, 5.74) is -0.396. The van der Waals surface area contributed by atoms with E-state index in [4.69, 9.17) is 4.74 Å². The number of hydrogen-bond acceptors (Lipinski definition) is 6. The maximum atomic E-state index is 12.8. The van der Waals surface area contributed by atoms with Crippen LogP contribution in [0.25, 0.3) is 0 Å². The molecule has 2 aromatic rings. The Morgan fingerprint density at radius 1 is 1.38 bits per heavy atom. The molecule has 0 aromatic carbocycles. The summed E-state index contributed by atoms with van der Waals surface area (Å²) in [5, 5.41) is 12.6. The van der Waals surface area contributed by atoms with Gasteiger partial charge in [0.1, 0.15) is 5.69 Å². The van der Waals surface area contributed by atoms with E-state index in [1.165, 1.54) is 35.3 Å². The number of nitrogens with zero attached hydrogens (tertiary/aromatic N) is 2. The molecule has 3 rings (SSSR count). The third kappa shape index (κ3) is 4.00. The van der Waals surface area contributed by atoms with Crippen molar-refractivity contribution in [3.63, 3.8) is 0 Å². The van der Waals surface area contributed by atoms with Crippen molar-refractivity contribution in [2.45, 2.75) is 12.5 Å². The van der Waals surface area contributed by atoms with Crippen LogP contribution in [-0.2, 0) is 7.05 Å². The molecule has 3 heterocycles. The number of halogens is 2. The van der Waals surface area contributed by atoms with Gasteiger partial charge in [0.2, 0.25) is 5.43 Å². The van der Waals surface area contributed by atoms with Gasteiger partial charge in [0.15, 0.2) is 5.75 Å². The molecule has 156 valence electrons. The lowest BCUT2D eigenvalue weighted by Gasteiger charge is -2.49. The van der Waals surface area contributed by atoms with Crippen LogP contribution in [0.2, 0.25) is 0 Å². The number of methoxy groups -OCH3 is 1. The van der Waals surface area contributed by atoms with E-state index >= 15 is 0 Å². The lowest BCUT2D eigenvalue weighted by atomic mass is 9.90. The second-order valence-corrected chi connectivity index (χ2v) is 10.0. The molecule has 29 heavy (non-hydrogen) atoms. The Labute approximate surface area is 187 Å². The zero-order valence-electron chi connectivity index (χ0n) is 15.9. The zero-order valence-corrected chi connectivity index (χ0v) is 19.9. The summed E-state index contributed by atoms with van der Waals surface area (Å²) in [7, 11) is 3.00. The number of carbonyl (C=O) groups excluding carboxylic acids is 2.